The van der Waals surface area contributed by atoms with E-state index in [9.17, 15) is 14.3 Å². The molecule has 1 saturated carbocycles. The first-order chi connectivity index (χ1) is 18.0. The Labute approximate surface area is 224 Å². The molecular formula is C33H37FO4. The standard InChI is InChI=1S/C33H37FO4/c1-20-6-11-29(34)25(16-20)24-10-7-21(17-26(24)30(37-5)32(2,3)4)19-38-23-9-8-22-12-14-33(28(22)18-23)15-13-27(33)31(35)36/h6-11,16-18,27,30H,12-15,19H2,1-5H3,(H,35,36)/t27-,30+,33-/m0/s1. The molecule has 4 nitrogen and oxygen atoms in total. The number of rotatable bonds is 7. The largest absolute Gasteiger partial charge is 0.489 e. The molecule has 5 rings (SSSR count). The summed E-state index contributed by atoms with van der Waals surface area (Å²) in [5, 5.41) is 9.73. The molecule has 200 valence electrons. The molecule has 0 bridgehead atoms. The van der Waals surface area contributed by atoms with Crippen LogP contribution in [0.3, 0.4) is 0 Å². The molecule has 2 aliphatic carbocycles. The molecule has 3 atom stereocenters. The lowest BCUT2D eigenvalue weighted by Gasteiger charge is -2.45. The number of carboxylic acid groups (broad SMARTS) is 1. The maximum absolute atomic E-state index is 15.0. The van der Waals surface area contributed by atoms with Crippen molar-refractivity contribution in [3.8, 4) is 16.9 Å². The van der Waals surface area contributed by atoms with E-state index < -0.39 is 5.97 Å². The van der Waals surface area contributed by atoms with Crippen LogP contribution >= 0.6 is 0 Å². The van der Waals surface area contributed by atoms with E-state index in [0.717, 1.165) is 59.3 Å². The first-order valence-electron chi connectivity index (χ1n) is 13.4. The van der Waals surface area contributed by atoms with Crippen molar-refractivity contribution in [2.24, 2.45) is 11.3 Å². The minimum absolute atomic E-state index is 0.207. The molecule has 3 aromatic carbocycles. The summed E-state index contributed by atoms with van der Waals surface area (Å²) in [5.41, 5.74) is 6.21. The summed E-state index contributed by atoms with van der Waals surface area (Å²) in [7, 11) is 1.70. The van der Waals surface area contributed by atoms with Gasteiger partial charge in [0.1, 0.15) is 18.2 Å². The van der Waals surface area contributed by atoms with Gasteiger partial charge in [0.2, 0.25) is 0 Å². The first-order valence-corrected chi connectivity index (χ1v) is 13.4. The van der Waals surface area contributed by atoms with Crippen LogP contribution < -0.4 is 4.74 Å². The van der Waals surface area contributed by atoms with Crippen molar-refractivity contribution in [2.75, 3.05) is 7.11 Å². The SMILES string of the molecule is CO[C@H](c1cc(COc2ccc3c(c2)[C@@]2(CC3)CC[C@H]2C(=O)O)ccc1-c1cc(C)ccc1F)C(C)(C)C. The molecular weight excluding hydrogens is 479 g/mol. The Bertz CT molecular complexity index is 1370. The predicted molar refractivity (Wildman–Crippen MR) is 147 cm³/mol. The molecule has 1 fully saturated rings. The van der Waals surface area contributed by atoms with Gasteiger partial charge in [-0.15, -0.1) is 0 Å². The molecule has 0 unspecified atom stereocenters. The highest BCUT2D eigenvalue weighted by molar-refractivity contribution is 5.75. The molecule has 3 aromatic rings. The zero-order valence-electron chi connectivity index (χ0n) is 22.9. The van der Waals surface area contributed by atoms with Crippen LogP contribution in [0.15, 0.2) is 54.6 Å². The summed E-state index contributed by atoms with van der Waals surface area (Å²) in [4.78, 5) is 11.8. The minimum Gasteiger partial charge on any atom is -0.489 e. The Morgan fingerprint density at radius 3 is 2.53 bits per heavy atom. The number of benzene rings is 3. The Morgan fingerprint density at radius 2 is 1.87 bits per heavy atom. The highest BCUT2D eigenvalue weighted by Gasteiger charge is 2.54. The van der Waals surface area contributed by atoms with Crippen LogP contribution in [0.4, 0.5) is 4.39 Å². The van der Waals surface area contributed by atoms with Crippen molar-refractivity contribution in [2.45, 2.75) is 71.5 Å². The zero-order valence-corrected chi connectivity index (χ0v) is 22.9. The number of carbonyl (C=O) groups is 1. The van der Waals surface area contributed by atoms with Gasteiger partial charge < -0.3 is 14.6 Å². The predicted octanol–water partition coefficient (Wildman–Crippen LogP) is 7.79. The van der Waals surface area contributed by atoms with Crippen LogP contribution in [-0.2, 0) is 28.0 Å². The Kier molecular flexibility index (Phi) is 6.85. The third-order valence-electron chi connectivity index (χ3n) is 8.54. The third kappa shape index (κ3) is 4.62. The Balaban J connectivity index is 1.45. The van der Waals surface area contributed by atoms with Crippen molar-refractivity contribution in [3.63, 3.8) is 0 Å². The van der Waals surface area contributed by atoms with Gasteiger partial charge in [-0.3, -0.25) is 4.79 Å². The zero-order chi connectivity index (χ0) is 27.2. The second kappa shape index (κ2) is 9.85. The Hall–Kier alpha value is -3.18. The van der Waals surface area contributed by atoms with Crippen molar-refractivity contribution >= 4 is 5.97 Å². The normalized spacial score (nSPS) is 21.2. The number of carboxylic acids is 1. The number of aryl methyl sites for hydroxylation is 2. The molecule has 38 heavy (non-hydrogen) atoms. The second-order valence-electron chi connectivity index (χ2n) is 12.1. The highest BCUT2D eigenvalue weighted by Crippen LogP contribution is 2.57. The molecule has 0 aliphatic heterocycles. The topological polar surface area (TPSA) is 55.8 Å². The molecule has 0 heterocycles. The van der Waals surface area contributed by atoms with Crippen LogP contribution in [0, 0.1) is 24.1 Å². The van der Waals surface area contributed by atoms with Crippen LogP contribution in [0.25, 0.3) is 11.1 Å². The summed E-state index contributed by atoms with van der Waals surface area (Å²) in [5.74, 6) is -0.512. The third-order valence-corrected chi connectivity index (χ3v) is 8.54. The van der Waals surface area contributed by atoms with Gasteiger partial charge in [-0.05, 0) is 96.2 Å². The summed E-state index contributed by atoms with van der Waals surface area (Å²) in [6.07, 6.45) is 3.24. The van der Waals surface area contributed by atoms with Gasteiger partial charge in [0, 0.05) is 18.1 Å². The van der Waals surface area contributed by atoms with Crippen molar-refractivity contribution < 1.29 is 23.8 Å². The highest BCUT2D eigenvalue weighted by atomic mass is 19.1. The maximum Gasteiger partial charge on any atom is 0.307 e. The number of methoxy groups -OCH3 is 1. The van der Waals surface area contributed by atoms with Gasteiger partial charge in [0.25, 0.3) is 0 Å². The van der Waals surface area contributed by atoms with Gasteiger partial charge in [-0.2, -0.15) is 0 Å². The van der Waals surface area contributed by atoms with Crippen LogP contribution in [-0.4, -0.2) is 18.2 Å². The molecule has 1 spiro atoms. The average molecular weight is 517 g/mol. The summed E-state index contributed by atoms with van der Waals surface area (Å²) < 4.78 is 27.2. The number of halogens is 1. The minimum atomic E-state index is -0.695. The lowest BCUT2D eigenvalue weighted by Crippen LogP contribution is -2.46. The van der Waals surface area contributed by atoms with E-state index in [0.29, 0.717) is 12.2 Å². The molecule has 0 aromatic heterocycles. The molecule has 1 N–H and O–H groups in total. The van der Waals surface area contributed by atoms with Gasteiger partial charge in [0.05, 0.1) is 12.0 Å². The van der Waals surface area contributed by atoms with E-state index in [1.54, 1.807) is 13.2 Å². The van der Waals surface area contributed by atoms with Crippen LogP contribution in [0.5, 0.6) is 5.75 Å². The fourth-order valence-corrected chi connectivity index (χ4v) is 6.56. The van der Waals surface area contributed by atoms with Gasteiger partial charge in [-0.25, -0.2) is 4.39 Å². The number of ether oxygens (including phenoxy) is 2. The number of hydrogen-bond donors (Lipinski definition) is 1. The monoisotopic (exact) mass is 516 g/mol. The van der Waals surface area contributed by atoms with E-state index >= 15 is 0 Å². The smallest absolute Gasteiger partial charge is 0.307 e. The Morgan fingerprint density at radius 1 is 1.08 bits per heavy atom. The molecule has 2 aliphatic rings. The molecule has 0 amide bonds. The molecule has 0 radical (unpaired) electrons. The van der Waals surface area contributed by atoms with E-state index in [1.807, 2.05) is 31.2 Å². The van der Waals surface area contributed by atoms with Crippen molar-refractivity contribution in [1.29, 1.82) is 0 Å². The van der Waals surface area contributed by atoms with Crippen molar-refractivity contribution in [1.82, 2.24) is 0 Å². The van der Waals surface area contributed by atoms with E-state index in [2.05, 4.69) is 39.0 Å². The number of fused-ring (bicyclic) bond motifs is 2. The maximum atomic E-state index is 15.0. The number of hydrogen-bond acceptors (Lipinski definition) is 3. The van der Waals surface area contributed by atoms with E-state index in [4.69, 9.17) is 9.47 Å². The summed E-state index contributed by atoms with van der Waals surface area (Å²) >= 11 is 0. The first kappa shape index (κ1) is 26.4. The molecule has 0 saturated heterocycles. The molecule has 5 heteroatoms. The van der Waals surface area contributed by atoms with Crippen LogP contribution in [0.2, 0.25) is 0 Å². The lowest BCUT2D eigenvalue weighted by atomic mass is 9.57. The lowest BCUT2D eigenvalue weighted by molar-refractivity contribution is -0.149. The van der Waals surface area contributed by atoms with Crippen molar-refractivity contribution in [3.05, 3.63) is 88.2 Å². The van der Waals surface area contributed by atoms with E-state index in [-0.39, 0.29) is 28.7 Å². The fraction of sp³-hybridized carbons (Fsp3) is 0.424. The number of aliphatic carboxylic acids is 1. The average Bonchev–Trinajstić information content (AvgIpc) is 3.24. The van der Waals surface area contributed by atoms with Gasteiger partial charge >= 0.3 is 5.97 Å². The van der Waals surface area contributed by atoms with Gasteiger partial charge in [0.15, 0.2) is 0 Å². The fourth-order valence-electron chi connectivity index (χ4n) is 6.56. The van der Waals surface area contributed by atoms with Crippen LogP contribution in [0.1, 0.15) is 74.0 Å². The second-order valence-corrected chi connectivity index (χ2v) is 12.1. The summed E-state index contributed by atoms with van der Waals surface area (Å²) in [6, 6.07) is 17.3. The quantitative estimate of drug-likeness (QED) is 0.348. The summed E-state index contributed by atoms with van der Waals surface area (Å²) in [6.45, 7) is 8.66. The van der Waals surface area contributed by atoms with Gasteiger partial charge in [-0.1, -0.05) is 50.6 Å². The van der Waals surface area contributed by atoms with E-state index in [1.165, 1.54) is 11.6 Å².